The van der Waals surface area contributed by atoms with Gasteiger partial charge in [0.2, 0.25) is 5.89 Å². The Morgan fingerprint density at radius 1 is 1.45 bits per heavy atom. The molecule has 2 aromatic heterocycles. The smallest absolute Gasteiger partial charge is 0.254 e. The van der Waals surface area contributed by atoms with Gasteiger partial charge in [-0.1, -0.05) is 5.16 Å². The lowest BCUT2D eigenvalue weighted by molar-refractivity contribution is 0.0945. The second-order valence-electron chi connectivity index (χ2n) is 4.63. The molecule has 0 unspecified atom stereocenters. The normalized spacial score (nSPS) is 16.2. The van der Waals surface area contributed by atoms with E-state index in [1.54, 1.807) is 6.07 Å². The summed E-state index contributed by atoms with van der Waals surface area (Å²) in [6.07, 6.45) is 5.03. The number of amides is 1. The Morgan fingerprint density at radius 3 is 3.05 bits per heavy atom. The molecule has 0 spiro atoms. The monoisotopic (exact) mass is 293 g/mol. The molecule has 3 rings (SSSR count). The number of hydrogen-bond donors (Lipinski definition) is 1. The number of thioether (sulfide) groups is 1. The van der Waals surface area contributed by atoms with Crippen LogP contribution in [0, 0.1) is 0 Å². The second-order valence-corrected chi connectivity index (χ2v) is 5.85. The molecule has 0 aromatic carbocycles. The maximum absolute atomic E-state index is 11.7. The predicted molar refractivity (Wildman–Crippen MR) is 73.5 cm³/mol. The largest absolute Gasteiger partial charge is 0.472 e. The lowest BCUT2D eigenvalue weighted by Gasteiger charge is -2.17. The van der Waals surface area contributed by atoms with Crippen molar-refractivity contribution in [3.63, 3.8) is 0 Å². The summed E-state index contributed by atoms with van der Waals surface area (Å²) >= 11 is 1.96. The van der Waals surface area contributed by atoms with Crippen molar-refractivity contribution in [3.8, 4) is 0 Å². The minimum absolute atomic E-state index is 0.215. The van der Waals surface area contributed by atoms with Gasteiger partial charge in [-0.05, 0) is 30.4 Å². The fraction of sp³-hybridized carbons (Fsp3) is 0.462. The number of rotatable bonds is 4. The quantitative estimate of drug-likeness (QED) is 0.930. The SMILES string of the molecule is O=C(NCc1nc(C2CCSCC2)no1)c1ccoc1. The van der Waals surface area contributed by atoms with E-state index in [0.29, 0.717) is 17.4 Å². The van der Waals surface area contributed by atoms with E-state index < -0.39 is 0 Å². The highest BCUT2D eigenvalue weighted by Gasteiger charge is 2.21. The highest BCUT2D eigenvalue weighted by atomic mass is 32.2. The Bertz CT molecular complexity index is 561. The molecule has 6 nitrogen and oxygen atoms in total. The molecule has 106 valence electrons. The van der Waals surface area contributed by atoms with Gasteiger partial charge in [-0.2, -0.15) is 16.7 Å². The molecule has 0 saturated carbocycles. The van der Waals surface area contributed by atoms with Crippen LogP contribution < -0.4 is 5.32 Å². The third kappa shape index (κ3) is 3.04. The number of carbonyl (C=O) groups excluding carboxylic acids is 1. The maximum Gasteiger partial charge on any atom is 0.254 e. The third-order valence-electron chi connectivity index (χ3n) is 3.25. The van der Waals surface area contributed by atoms with Gasteiger partial charge in [0.15, 0.2) is 5.82 Å². The molecule has 0 bridgehead atoms. The molecular formula is C13H15N3O3S. The molecule has 0 radical (unpaired) electrons. The Kier molecular flexibility index (Phi) is 4.05. The van der Waals surface area contributed by atoms with E-state index >= 15 is 0 Å². The van der Waals surface area contributed by atoms with Crippen LogP contribution in [0.15, 0.2) is 27.5 Å². The van der Waals surface area contributed by atoms with Gasteiger partial charge in [-0.15, -0.1) is 0 Å². The van der Waals surface area contributed by atoms with E-state index in [4.69, 9.17) is 8.94 Å². The lowest BCUT2D eigenvalue weighted by atomic mass is 10.0. The molecule has 7 heteroatoms. The van der Waals surface area contributed by atoms with E-state index in [0.717, 1.165) is 30.2 Å². The molecule has 2 aromatic rings. The van der Waals surface area contributed by atoms with Gasteiger partial charge in [-0.3, -0.25) is 4.79 Å². The minimum atomic E-state index is -0.215. The standard InChI is InChI=1S/C13H15N3O3S/c17-13(10-1-4-18-8-10)14-7-11-15-12(16-19-11)9-2-5-20-6-3-9/h1,4,8-9H,2-3,5-7H2,(H,14,17). The number of furan rings is 1. The summed E-state index contributed by atoms with van der Waals surface area (Å²) in [5.74, 6) is 3.66. The number of hydrogen-bond acceptors (Lipinski definition) is 6. The summed E-state index contributed by atoms with van der Waals surface area (Å²) < 4.78 is 10.0. The van der Waals surface area contributed by atoms with Gasteiger partial charge < -0.3 is 14.3 Å². The van der Waals surface area contributed by atoms with Crippen molar-refractivity contribution >= 4 is 17.7 Å². The van der Waals surface area contributed by atoms with Crippen LogP contribution in [0.1, 0.15) is 40.8 Å². The first-order chi connectivity index (χ1) is 9.83. The Labute approximate surface area is 120 Å². The molecule has 1 fully saturated rings. The summed E-state index contributed by atoms with van der Waals surface area (Å²) in [6.45, 7) is 0.235. The van der Waals surface area contributed by atoms with Crippen LogP contribution in [0.25, 0.3) is 0 Å². The van der Waals surface area contributed by atoms with Gasteiger partial charge in [0.05, 0.1) is 18.4 Å². The first-order valence-electron chi connectivity index (χ1n) is 6.53. The first kappa shape index (κ1) is 13.2. The summed E-state index contributed by atoms with van der Waals surface area (Å²) in [6, 6.07) is 1.61. The Balaban J connectivity index is 1.56. The van der Waals surface area contributed by atoms with Crippen LogP contribution in [-0.2, 0) is 6.54 Å². The van der Waals surface area contributed by atoms with E-state index in [-0.39, 0.29) is 12.5 Å². The Morgan fingerprint density at radius 2 is 2.30 bits per heavy atom. The molecule has 0 aliphatic carbocycles. The van der Waals surface area contributed by atoms with Crippen molar-refractivity contribution in [3.05, 3.63) is 35.9 Å². The van der Waals surface area contributed by atoms with Gasteiger partial charge in [-0.25, -0.2) is 0 Å². The van der Waals surface area contributed by atoms with Crippen molar-refractivity contribution in [2.24, 2.45) is 0 Å². The lowest BCUT2D eigenvalue weighted by Crippen LogP contribution is -2.22. The molecule has 1 saturated heterocycles. The van der Waals surface area contributed by atoms with E-state index in [1.807, 2.05) is 11.8 Å². The molecule has 20 heavy (non-hydrogen) atoms. The summed E-state index contributed by atoms with van der Waals surface area (Å²) in [4.78, 5) is 16.1. The molecule has 1 amide bonds. The zero-order valence-electron chi connectivity index (χ0n) is 10.9. The molecule has 1 N–H and O–H groups in total. The molecule has 0 atom stereocenters. The van der Waals surface area contributed by atoms with E-state index in [2.05, 4.69) is 15.5 Å². The van der Waals surface area contributed by atoms with Crippen LogP contribution in [0.4, 0.5) is 0 Å². The van der Waals surface area contributed by atoms with Crippen molar-refractivity contribution in [1.82, 2.24) is 15.5 Å². The molecular weight excluding hydrogens is 278 g/mol. The van der Waals surface area contributed by atoms with Crippen molar-refractivity contribution in [1.29, 1.82) is 0 Å². The van der Waals surface area contributed by atoms with Gasteiger partial charge in [0.25, 0.3) is 5.91 Å². The van der Waals surface area contributed by atoms with Crippen LogP contribution in [0.2, 0.25) is 0 Å². The maximum atomic E-state index is 11.7. The minimum Gasteiger partial charge on any atom is -0.472 e. The molecule has 3 heterocycles. The number of carbonyl (C=O) groups is 1. The predicted octanol–water partition coefficient (Wildman–Crippen LogP) is 2.20. The van der Waals surface area contributed by atoms with Crippen LogP contribution in [-0.4, -0.2) is 27.6 Å². The van der Waals surface area contributed by atoms with Gasteiger partial charge in [0, 0.05) is 5.92 Å². The van der Waals surface area contributed by atoms with Crippen LogP contribution in [0.3, 0.4) is 0 Å². The first-order valence-corrected chi connectivity index (χ1v) is 7.69. The number of nitrogens with one attached hydrogen (secondary N) is 1. The zero-order chi connectivity index (χ0) is 13.8. The van der Waals surface area contributed by atoms with E-state index in [1.165, 1.54) is 12.5 Å². The van der Waals surface area contributed by atoms with Crippen molar-refractivity contribution < 1.29 is 13.7 Å². The number of nitrogens with zero attached hydrogens (tertiary/aromatic N) is 2. The molecule has 1 aliphatic rings. The summed E-state index contributed by atoms with van der Waals surface area (Å²) in [5.41, 5.74) is 0.481. The van der Waals surface area contributed by atoms with E-state index in [9.17, 15) is 4.79 Å². The highest BCUT2D eigenvalue weighted by molar-refractivity contribution is 7.99. The summed E-state index contributed by atoms with van der Waals surface area (Å²) in [5, 5.41) is 6.73. The van der Waals surface area contributed by atoms with Crippen LogP contribution >= 0.6 is 11.8 Å². The highest BCUT2D eigenvalue weighted by Crippen LogP contribution is 2.29. The van der Waals surface area contributed by atoms with Crippen molar-refractivity contribution in [2.75, 3.05) is 11.5 Å². The third-order valence-corrected chi connectivity index (χ3v) is 4.30. The molecule has 1 aliphatic heterocycles. The topological polar surface area (TPSA) is 81.2 Å². The van der Waals surface area contributed by atoms with Crippen LogP contribution in [0.5, 0.6) is 0 Å². The van der Waals surface area contributed by atoms with Crippen molar-refractivity contribution in [2.45, 2.75) is 25.3 Å². The second kappa shape index (κ2) is 6.13. The fourth-order valence-electron chi connectivity index (χ4n) is 2.11. The average molecular weight is 293 g/mol. The van der Waals surface area contributed by atoms with Gasteiger partial charge in [0.1, 0.15) is 6.26 Å². The number of aromatic nitrogens is 2. The summed E-state index contributed by atoms with van der Waals surface area (Å²) in [7, 11) is 0. The van der Waals surface area contributed by atoms with Gasteiger partial charge >= 0.3 is 0 Å². The Hall–Kier alpha value is -1.76. The average Bonchev–Trinajstić information content (AvgIpc) is 3.17. The fourth-order valence-corrected chi connectivity index (χ4v) is 3.22. The zero-order valence-corrected chi connectivity index (χ0v) is 11.7.